The molecule has 1 aliphatic carbocycles. The molecule has 0 aliphatic heterocycles. The lowest BCUT2D eigenvalue weighted by atomic mass is 9.77. The van der Waals surface area contributed by atoms with Gasteiger partial charge in [0.2, 0.25) is 11.9 Å². The first-order chi connectivity index (χ1) is 12.6. The molecule has 1 aromatic heterocycles. The molecule has 0 radical (unpaired) electrons. The van der Waals surface area contributed by atoms with Crippen LogP contribution in [0.15, 0.2) is 30.3 Å². The number of hydrogen-bond acceptors (Lipinski definition) is 1. The van der Waals surface area contributed by atoms with Crippen molar-refractivity contribution in [2.75, 3.05) is 0 Å². The molecule has 0 bridgehead atoms. The standard InChI is InChI=1S/C22H26F3N/c1-2-3-4-5-15-6-8-16(9-7-15)17-10-11-18(20(23)14-17)19-12-13-21(24)26-22(19)25/h10-16H,2-9H2,1H3/t15-,16-. The molecule has 4 heteroatoms. The average molecular weight is 361 g/mol. The van der Waals surface area contributed by atoms with Gasteiger partial charge in [0.15, 0.2) is 0 Å². The second-order valence-corrected chi connectivity index (χ2v) is 7.43. The third kappa shape index (κ3) is 4.46. The van der Waals surface area contributed by atoms with E-state index in [1.807, 2.05) is 6.07 Å². The molecule has 2 aromatic rings. The zero-order valence-corrected chi connectivity index (χ0v) is 15.3. The summed E-state index contributed by atoms with van der Waals surface area (Å²) >= 11 is 0. The quantitative estimate of drug-likeness (QED) is 0.398. The molecule has 140 valence electrons. The van der Waals surface area contributed by atoms with Gasteiger partial charge in [-0.15, -0.1) is 0 Å². The maximum atomic E-state index is 14.6. The van der Waals surface area contributed by atoms with Crippen LogP contribution in [0.3, 0.4) is 0 Å². The number of rotatable bonds is 6. The van der Waals surface area contributed by atoms with Crippen molar-refractivity contribution in [2.24, 2.45) is 5.92 Å². The van der Waals surface area contributed by atoms with E-state index in [0.717, 1.165) is 30.4 Å². The fourth-order valence-corrected chi connectivity index (χ4v) is 4.08. The predicted molar refractivity (Wildman–Crippen MR) is 98.4 cm³/mol. The van der Waals surface area contributed by atoms with Crippen LogP contribution in [0.4, 0.5) is 13.2 Å². The highest BCUT2D eigenvalue weighted by Crippen LogP contribution is 2.39. The molecule has 0 atom stereocenters. The van der Waals surface area contributed by atoms with Crippen LogP contribution in [-0.4, -0.2) is 4.98 Å². The molecule has 1 aromatic carbocycles. The summed E-state index contributed by atoms with van der Waals surface area (Å²) in [7, 11) is 0. The predicted octanol–water partition coefficient (Wildman–Crippen LogP) is 7.02. The Kier molecular flexibility index (Phi) is 6.33. The number of halogens is 3. The van der Waals surface area contributed by atoms with E-state index in [0.29, 0.717) is 5.92 Å². The second-order valence-electron chi connectivity index (χ2n) is 7.43. The molecule has 1 aliphatic rings. The summed E-state index contributed by atoms with van der Waals surface area (Å²) in [4.78, 5) is 3.14. The smallest absolute Gasteiger partial charge is 0.206 e. The molecule has 3 rings (SSSR count). The minimum absolute atomic E-state index is 0.00455. The van der Waals surface area contributed by atoms with Crippen LogP contribution in [0.5, 0.6) is 0 Å². The first-order valence-corrected chi connectivity index (χ1v) is 9.70. The van der Waals surface area contributed by atoms with Gasteiger partial charge >= 0.3 is 0 Å². The minimum atomic E-state index is -0.982. The molecule has 0 unspecified atom stereocenters. The number of aromatic nitrogens is 1. The highest BCUT2D eigenvalue weighted by Gasteiger charge is 2.23. The fourth-order valence-electron chi connectivity index (χ4n) is 4.08. The number of hydrogen-bond donors (Lipinski definition) is 0. The monoisotopic (exact) mass is 361 g/mol. The molecule has 1 saturated carbocycles. The van der Waals surface area contributed by atoms with Gasteiger partial charge in [-0.05, 0) is 61.3 Å². The summed E-state index contributed by atoms with van der Waals surface area (Å²) in [6.45, 7) is 2.23. The number of benzene rings is 1. The van der Waals surface area contributed by atoms with Crippen molar-refractivity contribution in [1.29, 1.82) is 0 Å². The summed E-state index contributed by atoms with van der Waals surface area (Å²) in [5, 5.41) is 0. The Morgan fingerprint density at radius 2 is 1.65 bits per heavy atom. The molecule has 0 amide bonds. The Balaban J connectivity index is 1.67. The largest absolute Gasteiger partial charge is 0.223 e. The van der Waals surface area contributed by atoms with Gasteiger partial charge in [-0.2, -0.15) is 13.8 Å². The Labute approximate surface area is 153 Å². The van der Waals surface area contributed by atoms with Gasteiger partial charge in [0, 0.05) is 11.1 Å². The van der Waals surface area contributed by atoms with Crippen LogP contribution in [0.2, 0.25) is 0 Å². The molecule has 1 fully saturated rings. The van der Waals surface area contributed by atoms with Crippen molar-refractivity contribution in [3.63, 3.8) is 0 Å². The van der Waals surface area contributed by atoms with Crippen molar-refractivity contribution in [3.8, 4) is 11.1 Å². The third-order valence-corrected chi connectivity index (χ3v) is 5.63. The van der Waals surface area contributed by atoms with Gasteiger partial charge in [0.05, 0.1) is 0 Å². The van der Waals surface area contributed by atoms with Crippen LogP contribution >= 0.6 is 0 Å². The van der Waals surface area contributed by atoms with Crippen molar-refractivity contribution in [2.45, 2.75) is 64.2 Å². The molecule has 0 spiro atoms. The van der Waals surface area contributed by atoms with E-state index >= 15 is 0 Å². The maximum Gasteiger partial charge on any atom is 0.223 e. The Hall–Kier alpha value is -1.84. The van der Waals surface area contributed by atoms with Crippen molar-refractivity contribution < 1.29 is 13.2 Å². The molecule has 0 saturated heterocycles. The summed E-state index contributed by atoms with van der Waals surface area (Å²) < 4.78 is 41.3. The molecular weight excluding hydrogens is 335 g/mol. The van der Waals surface area contributed by atoms with E-state index in [9.17, 15) is 13.2 Å². The van der Waals surface area contributed by atoms with Crippen molar-refractivity contribution in [1.82, 2.24) is 4.98 Å². The van der Waals surface area contributed by atoms with Crippen LogP contribution in [0.25, 0.3) is 11.1 Å². The lowest BCUT2D eigenvalue weighted by Gasteiger charge is -2.29. The summed E-state index contributed by atoms with van der Waals surface area (Å²) in [6, 6.07) is 7.27. The highest BCUT2D eigenvalue weighted by molar-refractivity contribution is 5.64. The normalized spacial score (nSPS) is 20.3. The van der Waals surface area contributed by atoms with Crippen molar-refractivity contribution in [3.05, 3.63) is 53.6 Å². The minimum Gasteiger partial charge on any atom is -0.206 e. The van der Waals surface area contributed by atoms with E-state index in [4.69, 9.17) is 0 Å². The Bertz CT molecular complexity index is 736. The van der Waals surface area contributed by atoms with Gasteiger partial charge in [0.1, 0.15) is 5.82 Å². The lowest BCUT2D eigenvalue weighted by molar-refractivity contribution is 0.302. The number of unbranched alkanes of at least 4 members (excludes halogenated alkanes) is 2. The first kappa shape index (κ1) is 18.9. The SMILES string of the molecule is CCCCC[C@H]1CC[C@H](c2ccc(-c3ccc(F)nc3F)c(F)c2)CC1. The summed E-state index contributed by atoms with van der Waals surface area (Å²) in [5.74, 6) is -1.18. The Morgan fingerprint density at radius 3 is 2.31 bits per heavy atom. The molecule has 1 nitrogen and oxygen atoms in total. The zero-order valence-electron chi connectivity index (χ0n) is 15.3. The summed E-state index contributed by atoms with van der Waals surface area (Å²) in [6.07, 6.45) is 9.76. The van der Waals surface area contributed by atoms with E-state index in [1.165, 1.54) is 50.7 Å². The van der Waals surface area contributed by atoms with E-state index in [-0.39, 0.29) is 11.1 Å². The van der Waals surface area contributed by atoms with E-state index < -0.39 is 17.7 Å². The number of pyridine rings is 1. The van der Waals surface area contributed by atoms with Gasteiger partial charge in [0.25, 0.3) is 0 Å². The molecular formula is C22H26F3N. The molecule has 0 N–H and O–H groups in total. The molecule has 26 heavy (non-hydrogen) atoms. The van der Waals surface area contributed by atoms with Crippen LogP contribution in [-0.2, 0) is 0 Å². The third-order valence-electron chi connectivity index (χ3n) is 5.63. The highest BCUT2D eigenvalue weighted by atomic mass is 19.1. The second kappa shape index (κ2) is 8.70. The van der Waals surface area contributed by atoms with E-state index in [1.54, 1.807) is 6.07 Å². The van der Waals surface area contributed by atoms with Gasteiger partial charge in [-0.25, -0.2) is 4.39 Å². The first-order valence-electron chi connectivity index (χ1n) is 9.70. The van der Waals surface area contributed by atoms with Crippen LogP contribution < -0.4 is 0 Å². The van der Waals surface area contributed by atoms with Gasteiger partial charge in [-0.3, -0.25) is 0 Å². The lowest BCUT2D eigenvalue weighted by Crippen LogP contribution is -2.13. The van der Waals surface area contributed by atoms with Gasteiger partial charge in [-0.1, -0.05) is 44.7 Å². The maximum absolute atomic E-state index is 14.6. The van der Waals surface area contributed by atoms with Crippen molar-refractivity contribution >= 4 is 0 Å². The fraction of sp³-hybridized carbons (Fsp3) is 0.500. The molecule has 1 heterocycles. The average Bonchev–Trinajstić information content (AvgIpc) is 2.63. The zero-order chi connectivity index (χ0) is 18.5. The van der Waals surface area contributed by atoms with Crippen LogP contribution in [0, 0.1) is 23.6 Å². The Morgan fingerprint density at radius 1 is 0.923 bits per heavy atom. The van der Waals surface area contributed by atoms with E-state index in [2.05, 4.69) is 11.9 Å². The van der Waals surface area contributed by atoms with Gasteiger partial charge < -0.3 is 0 Å². The van der Waals surface area contributed by atoms with Crippen LogP contribution in [0.1, 0.15) is 69.8 Å². The summed E-state index contributed by atoms with van der Waals surface area (Å²) in [5.41, 5.74) is 1.11. The topological polar surface area (TPSA) is 12.9 Å². The number of nitrogens with zero attached hydrogens (tertiary/aromatic N) is 1.